The van der Waals surface area contributed by atoms with Crippen LogP contribution in [-0.2, 0) is 0 Å². The van der Waals surface area contributed by atoms with Crippen LogP contribution in [0.4, 0.5) is 0 Å². The van der Waals surface area contributed by atoms with Gasteiger partial charge in [0, 0.05) is 11.8 Å². The summed E-state index contributed by atoms with van der Waals surface area (Å²) in [6, 6.07) is 0.712. The molecule has 1 atom stereocenters. The lowest BCUT2D eigenvalue weighted by molar-refractivity contribution is 0.272. The zero-order valence-electron chi connectivity index (χ0n) is 10.2. The van der Waals surface area contributed by atoms with Gasteiger partial charge in [0.25, 0.3) is 0 Å². The van der Waals surface area contributed by atoms with Crippen LogP contribution in [0.5, 0.6) is 0 Å². The zero-order chi connectivity index (χ0) is 10.8. The molecule has 3 heteroatoms. The van der Waals surface area contributed by atoms with Crippen LogP contribution < -0.4 is 5.32 Å². The molecular formula is C11H26N2S. The van der Waals surface area contributed by atoms with Crippen molar-refractivity contribution in [1.82, 2.24) is 10.2 Å². The highest BCUT2D eigenvalue weighted by Gasteiger charge is 2.06. The van der Waals surface area contributed by atoms with E-state index in [0.717, 1.165) is 6.54 Å². The van der Waals surface area contributed by atoms with Crippen molar-refractivity contribution in [2.24, 2.45) is 0 Å². The lowest BCUT2D eigenvalue weighted by Crippen LogP contribution is -2.32. The summed E-state index contributed by atoms with van der Waals surface area (Å²) >= 11 is 1.93. The summed E-state index contributed by atoms with van der Waals surface area (Å²) in [4.78, 5) is 2.46. The van der Waals surface area contributed by atoms with Crippen molar-refractivity contribution in [2.75, 3.05) is 38.7 Å². The van der Waals surface area contributed by atoms with Crippen molar-refractivity contribution in [3.8, 4) is 0 Å². The third kappa shape index (κ3) is 7.65. The van der Waals surface area contributed by atoms with Gasteiger partial charge in [0.05, 0.1) is 0 Å². The van der Waals surface area contributed by atoms with Gasteiger partial charge in [0.15, 0.2) is 0 Å². The smallest absolute Gasteiger partial charge is 0.0154 e. The highest BCUT2D eigenvalue weighted by molar-refractivity contribution is 7.98. The highest BCUT2D eigenvalue weighted by Crippen LogP contribution is 2.04. The predicted molar refractivity (Wildman–Crippen MR) is 68.3 cm³/mol. The maximum absolute atomic E-state index is 3.35. The van der Waals surface area contributed by atoms with Crippen LogP contribution in [0, 0.1) is 0 Å². The van der Waals surface area contributed by atoms with E-state index >= 15 is 0 Å². The molecule has 86 valence electrons. The molecule has 0 amide bonds. The van der Waals surface area contributed by atoms with E-state index in [1.54, 1.807) is 0 Å². The number of nitrogens with one attached hydrogen (secondary N) is 1. The van der Waals surface area contributed by atoms with Crippen LogP contribution in [0.2, 0.25) is 0 Å². The number of unbranched alkanes of at least 4 members (excludes halogenated alkanes) is 1. The molecule has 0 fully saturated rings. The Labute approximate surface area is 93.8 Å². The predicted octanol–water partition coefficient (Wildman–Crippen LogP) is 2.06. The molecule has 1 unspecified atom stereocenters. The first-order valence-electron chi connectivity index (χ1n) is 5.62. The van der Waals surface area contributed by atoms with Crippen molar-refractivity contribution in [3.63, 3.8) is 0 Å². The summed E-state index contributed by atoms with van der Waals surface area (Å²) in [5, 5.41) is 3.35. The molecule has 0 heterocycles. The fraction of sp³-hybridized carbons (Fsp3) is 1.00. The van der Waals surface area contributed by atoms with E-state index in [1.807, 2.05) is 11.8 Å². The Morgan fingerprint density at radius 1 is 1.36 bits per heavy atom. The molecule has 2 nitrogen and oxygen atoms in total. The van der Waals surface area contributed by atoms with Crippen LogP contribution in [0.15, 0.2) is 0 Å². The number of thioether (sulfide) groups is 1. The molecule has 0 bridgehead atoms. The van der Waals surface area contributed by atoms with Crippen molar-refractivity contribution in [2.45, 2.75) is 32.7 Å². The Morgan fingerprint density at radius 2 is 2.07 bits per heavy atom. The number of hydrogen-bond acceptors (Lipinski definition) is 3. The molecule has 0 spiro atoms. The van der Waals surface area contributed by atoms with E-state index in [2.05, 4.69) is 37.4 Å². The van der Waals surface area contributed by atoms with E-state index in [0.29, 0.717) is 6.04 Å². The molecule has 0 aromatic carbocycles. The van der Waals surface area contributed by atoms with Gasteiger partial charge in [-0.15, -0.1) is 0 Å². The maximum Gasteiger partial charge on any atom is 0.0154 e. The molecule has 0 aromatic heterocycles. The highest BCUT2D eigenvalue weighted by atomic mass is 32.2. The second-order valence-electron chi connectivity index (χ2n) is 3.85. The standard InChI is InChI=1S/C11H26N2S/c1-5-12-8-6-7-9-13(3)11(2)10-14-4/h11-12H,5-10H2,1-4H3. The van der Waals surface area contributed by atoms with Gasteiger partial charge in [0.1, 0.15) is 0 Å². The van der Waals surface area contributed by atoms with Crippen LogP contribution in [0.3, 0.4) is 0 Å². The van der Waals surface area contributed by atoms with Gasteiger partial charge in [-0.3, -0.25) is 0 Å². The molecule has 0 saturated heterocycles. The first-order chi connectivity index (χ1) is 6.72. The van der Waals surface area contributed by atoms with Gasteiger partial charge in [-0.25, -0.2) is 0 Å². The van der Waals surface area contributed by atoms with Crippen molar-refractivity contribution < 1.29 is 0 Å². The Bertz CT molecular complexity index is 120. The molecule has 0 aliphatic heterocycles. The quantitative estimate of drug-likeness (QED) is 0.596. The molecule has 0 saturated carbocycles. The van der Waals surface area contributed by atoms with Gasteiger partial charge < -0.3 is 10.2 Å². The van der Waals surface area contributed by atoms with E-state index in [9.17, 15) is 0 Å². The summed E-state index contributed by atoms with van der Waals surface area (Å²) in [5.74, 6) is 1.24. The Balaban J connectivity index is 3.29. The third-order valence-electron chi connectivity index (χ3n) is 2.52. The molecule has 0 aliphatic rings. The van der Waals surface area contributed by atoms with E-state index in [4.69, 9.17) is 0 Å². The maximum atomic E-state index is 3.35. The molecule has 0 aromatic rings. The van der Waals surface area contributed by atoms with Crippen LogP contribution in [-0.4, -0.2) is 49.6 Å². The zero-order valence-corrected chi connectivity index (χ0v) is 11.0. The minimum Gasteiger partial charge on any atom is -0.317 e. The summed E-state index contributed by atoms with van der Waals surface area (Å²) < 4.78 is 0. The van der Waals surface area contributed by atoms with Gasteiger partial charge in [-0.05, 0) is 52.7 Å². The van der Waals surface area contributed by atoms with Crippen LogP contribution in [0.25, 0.3) is 0 Å². The fourth-order valence-electron chi connectivity index (χ4n) is 1.38. The van der Waals surface area contributed by atoms with Gasteiger partial charge >= 0.3 is 0 Å². The lowest BCUT2D eigenvalue weighted by atomic mass is 10.2. The normalized spacial score (nSPS) is 13.5. The molecular weight excluding hydrogens is 192 g/mol. The lowest BCUT2D eigenvalue weighted by Gasteiger charge is -2.23. The Kier molecular flexibility index (Phi) is 10.0. The SMILES string of the molecule is CCNCCCCN(C)C(C)CSC. The van der Waals surface area contributed by atoms with Crippen molar-refractivity contribution in [3.05, 3.63) is 0 Å². The second-order valence-corrected chi connectivity index (χ2v) is 4.76. The second kappa shape index (κ2) is 9.81. The van der Waals surface area contributed by atoms with Crippen molar-refractivity contribution in [1.29, 1.82) is 0 Å². The number of rotatable bonds is 9. The van der Waals surface area contributed by atoms with E-state index < -0.39 is 0 Å². The van der Waals surface area contributed by atoms with E-state index in [-0.39, 0.29) is 0 Å². The van der Waals surface area contributed by atoms with Crippen LogP contribution in [0.1, 0.15) is 26.7 Å². The average Bonchev–Trinajstić information content (AvgIpc) is 2.17. The van der Waals surface area contributed by atoms with E-state index in [1.165, 1.54) is 31.7 Å². The Hall–Kier alpha value is 0.270. The fourth-order valence-corrected chi connectivity index (χ4v) is 2.11. The molecule has 0 aliphatic carbocycles. The van der Waals surface area contributed by atoms with Gasteiger partial charge in [0.2, 0.25) is 0 Å². The largest absolute Gasteiger partial charge is 0.317 e. The average molecular weight is 218 g/mol. The summed E-state index contributed by atoms with van der Waals surface area (Å²) in [6.07, 6.45) is 4.78. The molecule has 0 radical (unpaired) electrons. The molecule has 14 heavy (non-hydrogen) atoms. The number of hydrogen-bond donors (Lipinski definition) is 1. The molecule has 1 N–H and O–H groups in total. The van der Waals surface area contributed by atoms with Crippen LogP contribution >= 0.6 is 11.8 Å². The Morgan fingerprint density at radius 3 is 2.64 bits per heavy atom. The molecule has 0 rings (SSSR count). The monoisotopic (exact) mass is 218 g/mol. The van der Waals surface area contributed by atoms with Crippen molar-refractivity contribution >= 4 is 11.8 Å². The van der Waals surface area contributed by atoms with Gasteiger partial charge in [-0.2, -0.15) is 11.8 Å². The first kappa shape index (κ1) is 14.3. The third-order valence-corrected chi connectivity index (χ3v) is 3.34. The minimum atomic E-state index is 0.712. The number of nitrogens with zero attached hydrogens (tertiary/aromatic N) is 1. The summed E-state index contributed by atoms with van der Waals surface area (Å²) in [7, 11) is 2.23. The summed E-state index contributed by atoms with van der Waals surface area (Å²) in [6.45, 7) is 7.96. The topological polar surface area (TPSA) is 15.3 Å². The minimum absolute atomic E-state index is 0.712. The first-order valence-corrected chi connectivity index (χ1v) is 7.01. The van der Waals surface area contributed by atoms with Gasteiger partial charge in [-0.1, -0.05) is 6.92 Å². The summed E-state index contributed by atoms with van der Waals surface area (Å²) in [5.41, 5.74) is 0.